The minimum atomic E-state index is -5.12. The molecule has 130 valence electrons. The highest BCUT2D eigenvalue weighted by atomic mass is 32.1. The number of carbonyl (C=O) groups is 2. The van der Waals surface area contributed by atoms with Crippen molar-refractivity contribution in [2.24, 2.45) is 0 Å². The number of aromatic nitrogens is 1. The second-order valence-electron chi connectivity index (χ2n) is 4.58. The Morgan fingerprint density at radius 2 is 2.04 bits per heavy atom. The molecule has 1 amide bonds. The van der Waals surface area contributed by atoms with Gasteiger partial charge in [0.1, 0.15) is 0 Å². The molecule has 0 bridgehead atoms. The summed E-state index contributed by atoms with van der Waals surface area (Å²) in [6.45, 7) is 2.91. The molecule has 10 heteroatoms. The molecule has 0 fully saturated rings. The summed E-state index contributed by atoms with van der Waals surface area (Å²) >= 11 is 0.865. The second kappa shape index (κ2) is 8.14. The predicted molar refractivity (Wildman–Crippen MR) is 78.8 cm³/mol. The molecule has 6 nitrogen and oxygen atoms in total. The number of unbranched alkanes of at least 4 members (excludes halogenated alkanes) is 1. The molecule has 0 spiro atoms. The van der Waals surface area contributed by atoms with Crippen molar-refractivity contribution in [1.29, 1.82) is 0 Å². The number of nitrogens with one attached hydrogen (secondary N) is 2. The monoisotopic (exact) mass is 353 g/mol. The average Bonchev–Trinajstić information content (AvgIpc) is 2.96. The van der Waals surface area contributed by atoms with Gasteiger partial charge in [0.25, 0.3) is 0 Å². The third-order valence-electron chi connectivity index (χ3n) is 2.82. The Morgan fingerprint density at radius 3 is 2.52 bits per heavy atom. The van der Waals surface area contributed by atoms with Crippen LogP contribution in [0.1, 0.15) is 33.1 Å². The molecule has 1 rings (SSSR count). The van der Waals surface area contributed by atoms with E-state index < -0.39 is 23.7 Å². The Hall–Kier alpha value is -1.84. The number of amides is 1. The molecule has 0 saturated heterocycles. The molecule has 1 aromatic heterocycles. The summed E-state index contributed by atoms with van der Waals surface area (Å²) in [5.74, 6) is -2.53. The van der Waals surface area contributed by atoms with E-state index in [1.54, 1.807) is 12.2 Å². The van der Waals surface area contributed by atoms with Crippen LogP contribution in [0.3, 0.4) is 0 Å². The van der Waals surface area contributed by atoms with Crippen molar-refractivity contribution in [3.8, 4) is 0 Å². The molecule has 0 aliphatic carbocycles. The van der Waals surface area contributed by atoms with Crippen LogP contribution < -0.4 is 10.6 Å². The smallest absolute Gasteiger partial charge is 0.442 e. The van der Waals surface area contributed by atoms with Crippen LogP contribution in [-0.2, 0) is 14.3 Å². The fourth-order valence-corrected chi connectivity index (χ4v) is 2.27. The fraction of sp³-hybridized carbons (Fsp3) is 0.615. The molecule has 23 heavy (non-hydrogen) atoms. The first-order valence-electron chi connectivity index (χ1n) is 6.99. The summed E-state index contributed by atoms with van der Waals surface area (Å²) in [4.78, 5) is 27.5. The molecule has 0 aliphatic rings. The molecule has 2 N–H and O–H groups in total. The van der Waals surface area contributed by atoms with Crippen LogP contribution in [0.25, 0.3) is 0 Å². The number of halogens is 3. The first kappa shape index (κ1) is 19.2. The third-order valence-corrected chi connectivity index (χ3v) is 3.51. The Labute approximate surface area is 135 Å². The van der Waals surface area contributed by atoms with Gasteiger partial charge < -0.3 is 15.4 Å². The molecular weight excluding hydrogens is 335 g/mol. The highest BCUT2D eigenvalue weighted by Crippen LogP contribution is 2.33. The lowest BCUT2D eigenvalue weighted by Crippen LogP contribution is -2.69. The van der Waals surface area contributed by atoms with Crippen LogP contribution in [0.15, 0.2) is 11.6 Å². The zero-order chi connectivity index (χ0) is 17.5. The predicted octanol–water partition coefficient (Wildman–Crippen LogP) is 2.68. The minimum absolute atomic E-state index is 0.132. The molecule has 0 radical (unpaired) electrons. The van der Waals surface area contributed by atoms with Gasteiger partial charge >= 0.3 is 17.8 Å². The summed E-state index contributed by atoms with van der Waals surface area (Å²) in [5, 5.41) is 5.00. The summed E-state index contributed by atoms with van der Waals surface area (Å²) in [6.07, 6.45) is -2.94. The largest absolute Gasteiger partial charge is 0.463 e. The van der Waals surface area contributed by atoms with Crippen molar-refractivity contribution in [1.82, 2.24) is 10.3 Å². The van der Waals surface area contributed by atoms with Gasteiger partial charge in [0.05, 0.1) is 6.61 Å². The van der Waals surface area contributed by atoms with Crippen LogP contribution in [0.4, 0.5) is 18.3 Å². The SMILES string of the molecule is CCCCC(=O)N[C@@](Nc1nccs1)(C(=O)OCC)C(F)(F)F. The van der Waals surface area contributed by atoms with E-state index in [9.17, 15) is 22.8 Å². The van der Waals surface area contributed by atoms with Gasteiger partial charge in [-0.15, -0.1) is 11.3 Å². The first-order valence-corrected chi connectivity index (χ1v) is 7.87. The Kier molecular flexibility index (Phi) is 6.79. The van der Waals surface area contributed by atoms with Crippen LogP contribution in [0.2, 0.25) is 0 Å². The second-order valence-corrected chi connectivity index (χ2v) is 5.48. The third kappa shape index (κ3) is 4.81. The van der Waals surface area contributed by atoms with E-state index in [1.807, 2.05) is 5.32 Å². The zero-order valence-electron chi connectivity index (χ0n) is 12.7. The molecule has 0 unspecified atom stereocenters. The molecular formula is C13H18F3N3O3S. The van der Waals surface area contributed by atoms with Crippen molar-refractivity contribution in [2.45, 2.75) is 44.9 Å². The van der Waals surface area contributed by atoms with Crippen molar-refractivity contribution in [3.05, 3.63) is 11.6 Å². The van der Waals surface area contributed by atoms with Crippen LogP contribution >= 0.6 is 11.3 Å². The van der Waals surface area contributed by atoms with Gasteiger partial charge in [-0.05, 0) is 13.3 Å². The highest BCUT2D eigenvalue weighted by Gasteiger charge is 2.63. The van der Waals surface area contributed by atoms with E-state index in [0.29, 0.717) is 12.8 Å². The number of alkyl halides is 3. The van der Waals surface area contributed by atoms with Gasteiger partial charge in [-0.3, -0.25) is 4.79 Å². The average molecular weight is 353 g/mol. The van der Waals surface area contributed by atoms with Crippen LogP contribution in [-0.4, -0.2) is 35.3 Å². The van der Waals surface area contributed by atoms with E-state index >= 15 is 0 Å². The number of hydrogen-bond donors (Lipinski definition) is 2. The molecule has 1 heterocycles. The van der Waals surface area contributed by atoms with Gasteiger partial charge in [0.2, 0.25) is 5.91 Å². The molecule has 0 saturated carbocycles. The highest BCUT2D eigenvalue weighted by molar-refractivity contribution is 7.13. The molecule has 0 aromatic carbocycles. The number of hydrogen-bond acceptors (Lipinski definition) is 6. The lowest BCUT2D eigenvalue weighted by molar-refractivity contribution is -0.207. The van der Waals surface area contributed by atoms with E-state index in [4.69, 9.17) is 0 Å². The van der Waals surface area contributed by atoms with Gasteiger partial charge in [-0.2, -0.15) is 13.2 Å². The summed E-state index contributed by atoms with van der Waals surface area (Å²) in [7, 11) is 0. The number of ether oxygens (including phenoxy) is 1. The van der Waals surface area contributed by atoms with Crippen molar-refractivity contribution < 1.29 is 27.5 Å². The number of rotatable bonds is 8. The van der Waals surface area contributed by atoms with Crippen LogP contribution in [0.5, 0.6) is 0 Å². The summed E-state index contributed by atoms with van der Waals surface area (Å²) < 4.78 is 45.4. The molecule has 0 aliphatic heterocycles. The molecule has 1 aromatic rings. The van der Waals surface area contributed by atoms with Crippen LogP contribution in [0, 0.1) is 0 Å². The lowest BCUT2D eigenvalue weighted by Gasteiger charge is -2.34. The van der Waals surface area contributed by atoms with Crippen molar-refractivity contribution in [3.63, 3.8) is 0 Å². The fourth-order valence-electron chi connectivity index (χ4n) is 1.68. The lowest BCUT2D eigenvalue weighted by atomic mass is 10.1. The summed E-state index contributed by atoms with van der Waals surface area (Å²) in [6, 6.07) is 0. The van der Waals surface area contributed by atoms with E-state index in [0.717, 1.165) is 11.3 Å². The topological polar surface area (TPSA) is 80.3 Å². The zero-order valence-corrected chi connectivity index (χ0v) is 13.5. The van der Waals surface area contributed by atoms with E-state index in [1.165, 1.54) is 18.5 Å². The Morgan fingerprint density at radius 1 is 1.35 bits per heavy atom. The standard InChI is InChI=1S/C13H18F3N3O3S/c1-3-5-6-9(20)18-12(13(14,15)16,10(21)22-4-2)19-11-17-7-8-23-11/h7-8H,3-6H2,1-2H3,(H,17,19)(H,18,20)/t12-/m1/s1. The number of anilines is 1. The molecule has 1 atom stereocenters. The van der Waals surface area contributed by atoms with Crippen molar-refractivity contribution in [2.75, 3.05) is 11.9 Å². The van der Waals surface area contributed by atoms with Gasteiger partial charge in [-0.25, -0.2) is 9.78 Å². The maximum atomic E-state index is 13.6. The van der Waals surface area contributed by atoms with Gasteiger partial charge in [0, 0.05) is 18.0 Å². The number of esters is 1. The maximum Gasteiger partial charge on any atom is 0.442 e. The number of carbonyl (C=O) groups excluding carboxylic acids is 2. The number of nitrogens with zero attached hydrogens (tertiary/aromatic N) is 1. The van der Waals surface area contributed by atoms with Gasteiger partial charge in [-0.1, -0.05) is 13.3 Å². The van der Waals surface area contributed by atoms with Crippen molar-refractivity contribution >= 4 is 28.3 Å². The summed E-state index contributed by atoms with van der Waals surface area (Å²) in [5.41, 5.74) is -3.37. The van der Waals surface area contributed by atoms with E-state index in [-0.39, 0.29) is 18.2 Å². The number of thiazole rings is 1. The quantitative estimate of drug-likeness (QED) is 0.555. The van der Waals surface area contributed by atoms with E-state index in [2.05, 4.69) is 9.72 Å². The van der Waals surface area contributed by atoms with Gasteiger partial charge in [0.15, 0.2) is 5.13 Å². The minimum Gasteiger partial charge on any atom is -0.463 e. The first-order chi connectivity index (χ1) is 10.8. The maximum absolute atomic E-state index is 13.6. The normalized spacial score (nSPS) is 14.0. The Bertz CT molecular complexity index is 522. The Balaban J connectivity index is 3.17.